The Labute approximate surface area is 346 Å². The third-order valence-corrected chi connectivity index (χ3v) is 10.9. The quantitative estimate of drug-likeness (QED) is 0.150. The van der Waals surface area contributed by atoms with Gasteiger partial charge in [0.15, 0.2) is 17.5 Å². The highest BCUT2D eigenvalue weighted by atomic mass is 15.0. The summed E-state index contributed by atoms with van der Waals surface area (Å²) < 4.78 is 0. The molecule has 8 aromatic carbocycles. The van der Waals surface area contributed by atoms with E-state index in [0.717, 1.165) is 94.3 Å². The largest absolute Gasteiger partial charge is 0.247 e. The number of benzene rings is 8. The highest BCUT2D eigenvalue weighted by Crippen LogP contribution is 2.45. The van der Waals surface area contributed by atoms with Crippen molar-refractivity contribution in [2.45, 2.75) is 0 Å². The van der Waals surface area contributed by atoms with Gasteiger partial charge in [0.2, 0.25) is 0 Å². The fourth-order valence-corrected chi connectivity index (χ4v) is 8.11. The molecule has 3 heterocycles. The molecule has 0 unspecified atom stereocenters. The minimum Gasteiger partial charge on any atom is -0.247 e. The predicted octanol–water partition coefficient (Wildman–Crippen LogP) is 13.2. The summed E-state index contributed by atoms with van der Waals surface area (Å²) in [5, 5.41) is 2.99. The molecule has 0 aliphatic rings. The number of nitrogens with zero attached hydrogens (tertiary/aromatic N) is 6. The Balaban J connectivity index is 1.28. The van der Waals surface area contributed by atoms with E-state index < -0.39 is 0 Å². The molecular formula is C54H34N6. The molecule has 0 bridgehead atoms. The van der Waals surface area contributed by atoms with Gasteiger partial charge in [0.25, 0.3) is 0 Å². The topological polar surface area (TPSA) is 77.3 Å². The lowest BCUT2D eigenvalue weighted by Crippen LogP contribution is -2.02. The number of para-hydroxylation sites is 1. The van der Waals surface area contributed by atoms with Crippen molar-refractivity contribution >= 4 is 32.7 Å². The molecule has 0 spiro atoms. The lowest BCUT2D eigenvalue weighted by molar-refractivity contribution is 1.07. The van der Waals surface area contributed by atoms with E-state index in [1.165, 1.54) is 0 Å². The molecule has 6 nitrogen and oxygen atoms in total. The second-order valence-corrected chi connectivity index (χ2v) is 14.6. The van der Waals surface area contributed by atoms with E-state index in [1.54, 1.807) is 0 Å². The van der Waals surface area contributed by atoms with Crippen molar-refractivity contribution in [3.8, 4) is 79.1 Å². The second-order valence-electron chi connectivity index (χ2n) is 14.6. The number of fused-ring (bicyclic) bond motifs is 5. The molecule has 0 aliphatic heterocycles. The van der Waals surface area contributed by atoms with Crippen molar-refractivity contribution in [3.63, 3.8) is 0 Å². The van der Waals surface area contributed by atoms with E-state index in [2.05, 4.69) is 97.1 Å². The minimum absolute atomic E-state index is 0.548. The van der Waals surface area contributed by atoms with Gasteiger partial charge in [0, 0.05) is 49.5 Å². The highest BCUT2D eigenvalue weighted by Gasteiger charge is 2.24. The van der Waals surface area contributed by atoms with Crippen molar-refractivity contribution in [3.05, 3.63) is 206 Å². The molecule has 0 amide bonds. The van der Waals surface area contributed by atoms with Gasteiger partial charge in [-0.25, -0.2) is 29.9 Å². The smallest absolute Gasteiger partial charge is 0.164 e. The van der Waals surface area contributed by atoms with Crippen LogP contribution in [-0.4, -0.2) is 29.9 Å². The first-order valence-corrected chi connectivity index (χ1v) is 20.0. The molecule has 0 N–H and O–H groups in total. The summed E-state index contributed by atoms with van der Waals surface area (Å²) >= 11 is 0. The van der Waals surface area contributed by atoms with Crippen molar-refractivity contribution in [1.82, 2.24) is 29.9 Å². The van der Waals surface area contributed by atoms with Crippen LogP contribution >= 0.6 is 0 Å². The van der Waals surface area contributed by atoms with Crippen molar-refractivity contribution in [2.24, 2.45) is 0 Å². The van der Waals surface area contributed by atoms with Crippen molar-refractivity contribution in [2.75, 3.05) is 0 Å². The van der Waals surface area contributed by atoms with E-state index in [9.17, 15) is 0 Å². The Morgan fingerprint density at radius 3 is 1.27 bits per heavy atom. The maximum atomic E-state index is 5.64. The number of rotatable bonds is 7. The summed E-state index contributed by atoms with van der Waals surface area (Å²) in [5.41, 5.74) is 12.4. The Morgan fingerprint density at radius 2 is 0.683 bits per heavy atom. The fourth-order valence-electron chi connectivity index (χ4n) is 8.11. The zero-order valence-electron chi connectivity index (χ0n) is 32.3. The Hall–Kier alpha value is -8.22. The van der Waals surface area contributed by atoms with Crippen LogP contribution in [0.4, 0.5) is 0 Å². The van der Waals surface area contributed by atoms with E-state index in [0.29, 0.717) is 17.5 Å². The molecule has 3 aromatic heterocycles. The Kier molecular flexibility index (Phi) is 8.71. The summed E-state index contributed by atoms with van der Waals surface area (Å²) in [6, 6.07) is 70.2. The van der Waals surface area contributed by atoms with Crippen LogP contribution in [0, 0.1) is 0 Å². The first-order chi connectivity index (χ1) is 29.8. The van der Waals surface area contributed by atoms with Crippen LogP contribution in [-0.2, 0) is 0 Å². The third kappa shape index (κ3) is 6.24. The van der Waals surface area contributed by atoms with Gasteiger partial charge in [-0.3, -0.25) is 0 Å². The normalized spacial score (nSPS) is 11.3. The first-order valence-electron chi connectivity index (χ1n) is 20.0. The maximum absolute atomic E-state index is 5.64. The molecule has 0 atom stereocenters. The predicted molar refractivity (Wildman–Crippen MR) is 244 cm³/mol. The van der Waals surface area contributed by atoms with Crippen LogP contribution in [0.5, 0.6) is 0 Å². The molecule has 0 radical (unpaired) electrons. The van der Waals surface area contributed by atoms with Gasteiger partial charge in [-0.15, -0.1) is 0 Å². The molecule has 11 rings (SSSR count). The maximum Gasteiger partial charge on any atom is 0.164 e. The van der Waals surface area contributed by atoms with Gasteiger partial charge >= 0.3 is 0 Å². The third-order valence-electron chi connectivity index (χ3n) is 10.9. The number of pyridine rings is 1. The standard InChI is InChI=1S/C54H34N6/c1-6-20-35(21-7-1)43-34-45-51(57-49(37-24-10-3-11-25-37)48(56-45)36-22-8-2-9-23-36)47-46(43)42-32-18-19-33-44(42)55-50(47)40-30-16-17-31-41(40)54-59-52(38-26-12-4-13-27-38)58-53(60-54)39-28-14-5-15-29-39/h1-34H. The molecular weight excluding hydrogens is 733 g/mol. The average Bonchev–Trinajstić information content (AvgIpc) is 3.34. The van der Waals surface area contributed by atoms with Gasteiger partial charge in [0.05, 0.1) is 33.6 Å². The van der Waals surface area contributed by atoms with E-state index in [-0.39, 0.29) is 0 Å². The van der Waals surface area contributed by atoms with Crippen LogP contribution in [0.25, 0.3) is 112 Å². The van der Waals surface area contributed by atoms with Gasteiger partial charge in [-0.2, -0.15) is 0 Å². The van der Waals surface area contributed by atoms with Gasteiger partial charge in [-0.05, 0) is 23.3 Å². The Morgan fingerprint density at radius 1 is 0.250 bits per heavy atom. The van der Waals surface area contributed by atoms with E-state index >= 15 is 0 Å². The number of hydrogen-bond acceptors (Lipinski definition) is 6. The molecule has 0 fully saturated rings. The zero-order chi connectivity index (χ0) is 39.8. The SMILES string of the molecule is c1ccc(-c2nc(-c3ccccc3)nc(-c3ccccc3-c3nc4ccccc4c4c(-c5ccccc5)cc5nc(-c6ccccc6)c(-c6ccccc6)nc5c34)n2)cc1. The minimum atomic E-state index is 0.548. The van der Waals surface area contributed by atoms with Gasteiger partial charge < -0.3 is 0 Å². The highest BCUT2D eigenvalue weighted by molar-refractivity contribution is 6.25. The molecule has 0 saturated heterocycles. The average molecular weight is 767 g/mol. The van der Waals surface area contributed by atoms with Gasteiger partial charge in [0.1, 0.15) is 0 Å². The molecule has 0 aliphatic carbocycles. The van der Waals surface area contributed by atoms with Gasteiger partial charge in [-0.1, -0.05) is 194 Å². The molecule has 280 valence electrons. The number of aromatic nitrogens is 6. The van der Waals surface area contributed by atoms with Crippen molar-refractivity contribution < 1.29 is 0 Å². The first kappa shape index (κ1) is 35.0. The van der Waals surface area contributed by atoms with Crippen LogP contribution in [0.15, 0.2) is 206 Å². The lowest BCUT2D eigenvalue weighted by atomic mass is 9.90. The summed E-state index contributed by atoms with van der Waals surface area (Å²) in [6.07, 6.45) is 0. The van der Waals surface area contributed by atoms with Crippen LogP contribution in [0.3, 0.4) is 0 Å². The molecule has 0 saturated carbocycles. The molecule has 60 heavy (non-hydrogen) atoms. The summed E-state index contributed by atoms with van der Waals surface area (Å²) in [7, 11) is 0. The molecule has 6 heteroatoms. The summed E-state index contributed by atoms with van der Waals surface area (Å²) in [4.78, 5) is 32.1. The fraction of sp³-hybridized carbons (Fsp3) is 0. The van der Waals surface area contributed by atoms with Crippen LogP contribution in [0.2, 0.25) is 0 Å². The number of hydrogen-bond donors (Lipinski definition) is 0. The second kappa shape index (κ2) is 14.9. The zero-order valence-corrected chi connectivity index (χ0v) is 32.3. The Bertz CT molecular complexity index is 3280. The summed E-state index contributed by atoms with van der Waals surface area (Å²) in [5.74, 6) is 1.73. The monoisotopic (exact) mass is 766 g/mol. The van der Waals surface area contributed by atoms with Crippen LogP contribution in [0.1, 0.15) is 0 Å². The summed E-state index contributed by atoms with van der Waals surface area (Å²) in [6.45, 7) is 0. The van der Waals surface area contributed by atoms with E-state index in [4.69, 9.17) is 29.9 Å². The lowest BCUT2D eigenvalue weighted by Gasteiger charge is -2.19. The molecule has 11 aromatic rings. The van der Waals surface area contributed by atoms with Crippen molar-refractivity contribution in [1.29, 1.82) is 0 Å². The van der Waals surface area contributed by atoms with Crippen LogP contribution < -0.4 is 0 Å². The van der Waals surface area contributed by atoms with E-state index in [1.807, 2.05) is 109 Å².